The van der Waals surface area contributed by atoms with Crippen LogP contribution in [0.3, 0.4) is 0 Å². The number of rotatable bonds is 1. The van der Waals surface area contributed by atoms with Gasteiger partial charge in [0.1, 0.15) is 11.5 Å². The summed E-state index contributed by atoms with van der Waals surface area (Å²) >= 11 is 0. The van der Waals surface area contributed by atoms with E-state index in [-0.39, 0.29) is 23.7 Å². The quantitative estimate of drug-likeness (QED) is 0.812. The summed E-state index contributed by atoms with van der Waals surface area (Å²) in [6.07, 6.45) is 0.0920. The van der Waals surface area contributed by atoms with Crippen LogP contribution in [-0.4, -0.2) is 15.6 Å². The topological polar surface area (TPSA) is 68.5 Å². The molecule has 3 rings (SSSR count). The predicted octanol–water partition coefficient (Wildman–Crippen LogP) is 1.84. The maximum atomic E-state index is 12.5. The van der Waals surface area contributed by atoms with Crippen molar-refractivity contribution in [1.82, 2.24) is 4.57 Å². The third kappa shape index (κ3) is 2.20. The summed E-state index contributed by atoms with van der Waals surface area (Å²) in [5, 5.41) is 9.63. The van der Waals surface area contributed by atoms with Gasteiger partial charge in [0, 0.05) is 24.7 Å². The molecule has 1 unspecified atom stereocenters. The van der Waals surface area contributed by atoms with Crippen molar-refractivity contribution in [3.8, 4) is 11.5 Å². The van der Waals surface area contributed by atoms with Crippen LogP contribution in [0.2, 0.25) is 0 Å². The number of hydrogen-bond acceptors (Lipinski definition) is 4. The van der Waals surface area contributed by atoms with Crippen molar-refractivity contribution >= 4 is 5.97 Å². The molecule has 1 aliphatic heterocycles. The molecule has 21 heavy (non-hydrogen) atoms. The lowest BCUT2D eigenvalue weighted by molar-refractivity contribution is -0.135. The van der Waals surface area contributed by atoms with Gasteiger partial charge in [-0.2, -0.15) is 0 Å². The average molecular weight is 285 g/mol. The molecule has 0 bridgehead atoms. The summed E-state index contributed by atoms with van der Waals surface area (Å²) in [4.78, 5) is 24.3. The Bertz CT molecular complexity index is 791. The number of carbonyl (C=O) groups is 1. The lowest BCUT2D eigenvalue weighted by atomic mass is 9.87. The number of carbonyl (C=O) groups excluding carboxylic acids is 1. The van der Waals surface area contributed by atoms with Crippen LogP contribution in [0.5, 0.6) is 11.5 Å². The van der Waals surface area contributed by atoms with Crippen LogP contribution < -0.4 is 10.3 Å². The molecule has 0 fully saturated rings. The lowest BCUT2D eigenvalue weighted by Gasteiger charge is -2.25. The molecule has 0 amide bonds. The van der Waals surface area contributed by atoms with Crippen LogP contribution >= 0.6 is 0 Å². The maximum absolute atomic E-state index is 12.5. The highest BCUT2D eigenvalue weighted by atomic mass is 16.5. The largest absolute Gasteiger partial charge is 0.508 e. The van der Waals surface area contributed by atoms with Crippen molar-refractivity contribution in [1.29, 1.82) is 0 Å². The second kappa shape index (κ2) is 4.77. The Morgan fingerprint density at radius 1 is 1.29 bits per heavy atom. The Morgan fingerprint density at radius 3 is 2.76 bits per heavy atom. The highest BCUT2D eigenvalue weighted by Gasteiger charge is 2.32. The first-order valence-corrected chi connectivity index (χ1v) is 6.67. The minimum absolute atomic E-state index is 0.0920. The third-order valence-electron chi connectivity index (χ3n) is 3.89. The second-order valence-corrected chi connectivity index (χ2v) is 5.25. The smallest absolute Gasteiger partial charge is 0.312 e. The number of fused-ring (bicyclic) bond motifs is 1. The van der Waals surface area contributed by atoms with Crippen molar-refractivity contribution in [2.75, 3.05) is 0 Å². The number of aromatic hydroxyl groups is 1. The van der Waals surface area contributed by atoms with Gasteiger partial charge in [-0.1, -0.05) is 12.1 Å². The molecule has 108 valence electrons. The van der Waals surface area contributed by atoms with Gasteiger partial charge in [0.05, 0.1) is 12.0 Å². The van der Waals surface area contributed by atoms with Crippen LogP contribution in [0.25, 0.3) is 0 Å². The summed E-state index contributed by atoms with van der Waals surface area (Å²) in [7, 11) is 1.69. The van der Waals surface area contributed by atoms with Crippen molar-refractivity contribution < 1.29 is 14.6 Å². The van der Waals surface area contributed by atoms with E-state index in [4.69, 9.17) is 4.74 Å². The van der Waals surface area contributed by atoms with Crippen molar-refractivity contribution in [3.05, 3.63) is 57.5 Å². The van der Waals surface area contributed by atoms with Gasteiger partial charge in [0.15, 0.2) is 0 Å². The van der Waals surface area contributed by atoms with E-state index >= 15 is 0 Å². The minimum atomic E-state index is -0.396. The van der Waals surface area contributed by atoms with Crippen LogP contribution in [0.4, 0.5) is 0 Å². The van der Waals surface area contributed by atoms with Gasteiger partial charge < -0.3 is 14.4 Å². The molecule has 1 aromatic carbocycles. The average Bonchev–Trinajstić information content (AvgIpc) is 2.44. The van der Waals surface area contributed by atoms with Gasteiger partial charge in [0.2, 0.25) is 0 Å². The zero-order valence-electron chi connectivity index (χ0n) is 11.8. The maximum Gasteiger partial charge on any atom is 0.312 e. The zero-order valence-corrected chi connectivity index (χ0v) is 11.8. The Labute approximate surface area is 121 Å². The molecule has 0 aliphatic carbocycles. The van der Waals surface area contributed by atoms with Gasteiger partial charge in [-0.05, 0) is 24.6 Å². The van der Waals surface area contributed by atoms with Gasteiger partial charge >= 0.3 is 5.97 Å². The molecule has 0 radical (unpaired) electrons. The predicted molar refractivity (Wildman–Crippen MR) is 76.6 cm³/mol. The Balaban J connectivity index is 2.24. The summed E-state index contributed by atoms with van der Waals surface area (Å²) < 4.78 is 6.75. The lowest BCUT2D eigenvalue weighted by Crippen LogP contribution is -2.31. The third-order valence-corrected chi connectivity index (χ3v) is 3.89. The molecule has 1 aromatic heterocycles. The molecular formula is C16H15NO4. The molecule has 5 heteroatoms. The molecule has 1 N–H and O–H groups in total. The van der Waals surface area contributed by atoms with E-state index in [0.717, 1.165) is 11.3 Å². The first-order valence-electron chi connectivity index (χ1n) is 6.67. The number of nitrogens with zero attached hydrogens (tertiary/aromatic N) is 1. The SMILES string of the molecule is Cc1cc2c(c(=O)n1C)C(c1cccc(O)c1)CC(=O)O2. The Morgan fingerprint density at radius 2 is 2.05 bits per heavy atom. The van der Waals surface area contributed by atoms with Crippen LogP contribution in [0, 0.1) is 6.92 Å². The summed E-state index contributed by atoms with van der Waals surface area (Å²) in [6, 6.07) is 8.32. The molecular weight excluding hydrogens is 270 g/mol. The molecule has 0 saturated heterocycles. The van der Waals surface area contributed by atoms with Gasteiger partial charge in [-0.3, -0.25) is 9.59 Å². The molecule has 0 spiro atoms. The van der Waals surface area contributed by atoms with E-state index < -0.39 is 5.92 Å². The number of esters is 1. The highest BCUT2D eigenvalue weighted by molar-refractivity contribution is 5.77. The number of aromatic nitrogens is 1. The van der Waals surface area contributed by atoms with Gasteiger partial charge in [0.25, 0.3) is 5.56 Å². The highest BCUT2D eigenvalue weighted by Crippen LogP contribution is 2.37. The summed E-state index contributed by atoms with van der Waals surface area (Å²) in [5.74, 6) is -0.340. The van der Waals surface area contributed by atoms with Gasteiger partial charge in [-0.25, -0.2) is 0 Å². The molecule has 5 nitrogen and oxygen atoms in total. The molecule has 0 saturated carbocycles. The number of aryl methyl sites for hydroxylation is 1. The second-order valence-electron chi connectivity index (χ2n) is 5.25. The van der Waals surface area contributed by atoms with E-state index in [1.807, 2.05) is 0 Å². The first kappa shape index (κ1) is 13.4. The van der Waals surface area contributed by atoms with E-state index in [1.54, 1.807) is 44.3 Å². The molecule has 2 heterocycles. The van der Waals surface area contributed by atoms with E-state index in [2.05, 4.69) is 0 Å². The fourth-order valence-electron chi connectivity index (χ4n) is 2.67. The van der Waals surface area contributed by atoms with Crippen LogP contribution in [0.1, 0.15) is 29.2 Å². The van der Waals surface area contributed by atoms with E-state index in [0.29, 0.717) is 11.3 Å². The van der Waals surface area contributed by atoms with Crippen LogP contribution in [0.15, 0.2) is 35.1 Å². The number of benzene rings is 1. The number of hydrogen-bond donors (Lipinski definition) is 1. The fraction of sp³-hybridized carbons (Fsp3) is 0.250. The van der Waals surface area contributed by atoms with Crippen molar-refractivity contribution in [2.45, 2.75) is 19.3 Å². The Hall–Kier alpha value is -2.56. The van der Waals surface area contributed by atoms with Crippen molar-refractivity contribution in [2.24, 2.45) is 7.05 Å². The first-order chi connectivity index (χ1) is 9.97. The van der Waals surface area contributed by atoms with Crippen molar-refractivity contribution in [3.63, 3.8) is 0 Å². The number of ether oxygens (including phenoxy) is 1. The van der Waals surface area contributed by atoms with E-state index in [9.17, 15) is 14.7 Å². The zero-order chi connectivity index (χ0) is 15.1. The minimum Gasteiger partial charge on any atom is -0.508 e. The van der Waals surface area contributed by atoms with E-state index in [1.165, 1.54) is 4.57 Å². The number of phenols is 1. The normalized spacial score (nSPS) is 17.2. The molecule has 1 aliphatic rings. The molecule has 1 atom stereocenters. The fourth-order valence-corrected chi connectivity index (χ4v) is 2.67. The molecule has 2 aromatic rings. The summed E-state index contributed by atoms with van der Waals surface area (Å²) in [5.41, 5.74) is 1.75. The monoisotopic (exact) mass is 285 g/mol. The standard InChI is InChI=1S/C16H15NO4/c1-9-6-13-15(16(20)17(9)2)12(8-14(19)21-13)10-4-3-5-11(18)7-10/h3-7,12,18H,8H2,1-2H3. The van der Waals surface area contributed by atoms with Gasteiger partial charge in [-0.15, -0.1) is 0 Å². The Kier molecular flexibility index (Phi) is 3.05. The number of phenolic OH excluding ortho intramolecular Hbond substituents is 1. The number of pyridine rings is 1. The summed E-state index contributed by atoms with van der Waals surface area (Å²) in [6.45, 7) is 1.79. The van der Waals surface area contributed by atoms with Crippen LogP contribution in [-0.2, 0) is 11.8 Å².